The van der Waals surface area contributed by atoms with E-state index in [-0.39, 0.29) is 0 Å². The fourth-order valence-corrected chi connectivity index (χ4v) is 2.33. The van der Waals surface area contributed by atoms with Crippen LogP contribution in [-0.2, 0) is 6.54 Å². The monoisotopic (exact) mass is 307 g/mol. The summed E-state index contributed by atoms with van der Waals surface area (Å²) in [6, 6.07) is 6.62. The maximum absolute atomic E-state index is 6.04. The van der Waals surface area contributed by atoms with Gasteiger partial charge in [0.25, 0.3) is 0 Å². The molecular weight excluding hydrogens is 274 g/mol. The van der Waals surface area contributed by atoms with Crippen molar-refractivity contribution in [3.05, 3.63) is 23.8 Å². The molecule has 0 saturated heterocycles. The number of hydrogen-bond donors (Lipinski definition) is 1. The van der Waals surface area contributed by atoms with E-state index >= 15 is 0 Å². The Hall–Kier alpha value is -1.22. The van der Waals surface area contributed by atoms with E-state index in [1.165, 1.54) is 31.2 Å². The summed E-state index contributed by atoms with van der Waals surface area (Å²) in [4.78, 5) is 0. The van der Waals surface area contributed by atoms with Crippen molar-refractivity contribution in [2.45, 2.75) is 71.9 Å². The molecule has 1 unspecified atom stereocenters. The molecule has 0 aliphatic heterocycles. The van der Waals surface area contributed by atoms with Gasteiger partial charge < -0.3 is 14.8 Å². The van der Waals surface area contributed by atoms with Crippen molar-refractivity contribution in [3.63, 3.8) is 0 Å². The van der Waals surface area contributed by atoms with E-state index in [2.05, 4.69) is 32.2 Å². The van der Waals surface area contributed by atoms with Crippen LogP contribution in [0.15, 0.2) is 18.2 Å². The van der Waals surface area contributed by atoms with Crippen molar-refractivity contribution in [2.24, 2.45) is 0 Å². The Balaban J connectivity index is 2.57. The van der Waals surface area contributed by atoms with Crippen LogP contribution >= 0.6 is 0 Å². The second-order valence-corrected chi connectivity index (χ2v) is 5.90. The minimum Gasteiger partial charge on any atom is -0.493 e. The third kappa shape index (κ3) is 6.69. The summed E-state index contributed by atoms with van der Waals surface area (Å²) < 4.78 is 11.5. The summed E-state index contributed by atoms with van der Waals surface area (Å²) in [6.45, 7) is 8.21. The first-order valence-electron chi connectivity index (χ1n) is 8.74. The molecule has 0 aliphatic carbocycles. The Kier molecular flexibility index (Phi) is 9.72. The van der Waals surface area contributed by atoms with E-state index in [0.717, 1.165) is 37.5 Å². The maximum atomic E-state index is 6.04. The fraction of sp³-hybridized carbons (Fsp3) is 0.684. The van der Waals surface area contributed by atoms with Gasteiger partial charge in [0.15, 0.2) is 11.5 Å². The standard InChI is InChI=1S/C19H33NO2/c1-5-7-8-9-10-14-22-19-17(15-20-16(3)6-2)12-11-13-18(19)21-4/h11-13,16,20H,5-10,14-15H2,1-4H3. The molecule has 0 aromatic heterocycles. The van der Waals surface area contributed by atoms with Crippen LogP contribution in [0.5, 0.6) is 11.5 Å². The summed E-state index contributed by atoms with van der Waals surface area (Å²) in [5.41, 5.74) is 1.17. The Morgan fingerprint density at radius 1 is 1.09 bits per heavy atom. The number of unbranched alkanes of at least 4 members (excludes halogenated alkanes) is 4. The lowest BCUT2D eigenvalue weighted by atomic mass is 10.1. The van der Waals surface area contributed by atoms with Crippen molar-refractivity contribution in [3.8, 4) is 11.5 Å². The third-order valence-electron chi connectivity index (χ3n) is 4.03. The van der Waals surface area contributed by atoms with Crippen LogP contribution in [0, 0.1) is 0 Å². The predicted molar refractivity (Wildman–Crippen MR) is 93.8 cm³/mol. The first-order chi connectivity index (χ1) is 10.7. The highest BCUT2D eigenvalue weighted by molar-refractivity contribution is 5.46. The summed E-state index contributed by atoms with van der Waals surface area (Å²) in [7, 11) is 1.70. The van der Waals surface area contributed by atoms with Crippen LogP contribution in [0.2, 0.25) is 0 Å². The predicted octanol–water partition coefficient (Wildman–Crippen LogP) is 4.93. The number of benzene rings is 1. The van der Waals surface area contributed by atoms with Gasteiger partial charge in [-0.1, -0.05) is 51.7 Å². The second-order valence-electron chi connectivity index (χ2n) is 5.90. The molecular formula is C19H33NO2. The highest BCUT2D eigenvalue weighted by Crippen LogP contribution is 2.31. The number of hydrogen-bond acceptors (Lipinski definition) is 3. The smallest absolute Gasteiger partial charge is 0.165 e. The van der Waals surface area contributed by atoms with Gasteiger partial charge >= 0.3 is 0 Å². The van der Waals surface area contributed by atoms with Crippen molar-refractivity contribution in [1.29, 1.82) is 0 Å². The third-order valence-corrected chi connectivity index (χ3v) is 4.03. The molecule has 0 fully saturated rings. The van der Waals surface area contributed by atoms with Crippen LogP contribution in [0.3, 0.4) is 0 Å². The van der Waals surface area contributed by atoms with Gasteiger partial charge in [0.1, 0.15) is 0 Å². The SMILES string of the molecule is CCCCCCCOc1c(CNC(C)CC)cccc1OC. The van der Waals surface area contributed by atoms with Crippen LogP contribution in [-0.4, -0.2) is 19.8 Å². The number of methoxy groups -OCH3 is 1. The van der Waals surface area contributed by atoms with Gasteiger partial charge in [0.2, 0.25) is 0 Å². The first kappa shape index (κ1) is 18.8. The Morgan fingerprint density at radius 2 is 1.86 bits per heavy atom. The lowest BCUT2D eigenvalue weighted by molar-refractivity contribution is 0.281. The van der Waals surface area contributed by atoms with Crippen molar-refractivity contribution in [1.82, 2.24) is 5.32 Å². The van der Waals surface area contributed by atoms with Crippen LogP contribution < -0.4 is 14.8 Å². The molecule has 0 amide bonds. The van der Waals surface area contributed by atoms with Gasteiger partial charge in [0, 0.05) is 18.2 Å². The lowest BCUT2D eigenvalue weighted by Crippen LogP contribution is -2.24. The van der Waals surface area contributed by atoms with E-state index in [4.69, 9.17) is 9.47 Å². The zero-order chi connectivity index (χ0) is 16.2. The summed E-state index contributed by atoms with van der Waals surface area (Å²) >= 11 is 0. The molecule has 1 rings (SSSR count). The molecule has 1 N–H and O–H groups in total. The van der Waals surface area contributed by atoms with Gasteiger partial charge in [-0.25, -0.2) is 0 Å². The Labute approximate surface area is 136 Å². The van der Waals surface area contributed by atoms with Crippen molar-refractivity contribution >= 4 is 0 Å². The van der Waals surface area contributed by atoms with E-state index in [9.17, 15) is 0 Å². The quantitative estimate of drug-likeness (QED) is 0.555. The zero-order valence-electron chi connectivity index (χ0n) is 14.8. The topological polar surface area (TPSA) is 30.5 Å². The van der Waals surface area contributed by atoms with Gasteiger partial charge in [0.05, 0.1) is 13.7 Å². The largest absolute Gasteiger partial charge is 0.493 e. The average molecular weight is 307 g/mol. The Bertz CT molecular complexity index is 406. The molecule has 3 heteroatoms. The van der Waals surface area contributed by atoms with Crippen LogP contribution in [0.25, 0.3) is 0 Å². The lowest BCUT2D eigenvalue weighted by Gasteiger charge is -2.17. The molecule has 3 nitrogen and oxygen atoms in total. The molecule has 126 valence electrons. The highest BCUT2D eigenvalue weighted by atomic mass is 16.5. The maximum Gasteiger partial charge on any atom is 0.165 e. The summed E-state index contributed by atoms with van der Waals surface area (Å²) in [5, 5.41) is 3.52. The number of ether oxygens (including phenoxy) is 2. The van der Waals surface area contributed by atoms with Crippen molar-refractivity contribution < 1.29 is 9.47 Å². The molecule has 0 aliphatic rings. The minimum absolute atomic E-state index is 0.507. The molecule has 1 aromatic carbocycles. The number of nitrogens with one attached hydrogen (secondary N) is 1. The second kappa shape index (κ2) is 11.4. The average Bonchev–Trinajstić information content (AvgIpc) is 2.56. The molecule has 1 atom stereocenters. The van der Waals surface area contributed by atoms with E-state index < -0.39 is 0 Å². The zero-order valence-corrected chi connectivity index (χ0v) is 14.8. The molecule has 0 saturated carbocycles. The number of rotatable bonds is 12. The van der Waals surface area contributed by atoms with Crippen LogP contribution in [0.1, 0.15) is 64.9 Å². The van der Waals surface area contributed by atoms with E-state index in [1.54, 1.807) is 7.11 Å². The summed E-state index contributed by atoms with van der Waals surface area (Å²) in [5.74, 6) is 1.73. The first-order valence-corrected chi connectivity index (χ1v) is 8.74. The molecule has 22 heavy (non-hydrogen) atoms. The number of para-hydroxylation sites is 1. The molecule has 0 radical (unpaired) electrons. The Morgan fingerprint density at radius 3 is 2.55 bits per heavy atom. The normalized spacial score (nSPS) is 12.2. The van der Waals surface area contributed by atoms with Gasteiger partial charge in [-0.2, -0.15) is 0 Å². The molecule has 0 heterocycles. The van der Waals surface area contributed by atoms with Gasteiger partial charge in [-0.3, -0.25) is 0 Å². The molecule has 0 spiro atoms. The molecule has 1 aromatic rings. The van der Waals surface area contributed by atoms with Crippen molar-refractivity contribution in [2.75, 3.05) is 13.7 Å². The summed E-state index contributed by atoms with van der Waals surface area (Å²) in [6.07, 6.45) is 7.36. The minimum atomic E-state index is 0.507. The molecule has 0 bridgehead atoms. The van der Waals surface area contributed by atoms with Crippen LogP contribution in [0.4, 0.5) is 0 Å². The van der Waals surface area contributed by atoms with Gasteiger partial charge in [-0.05, 0) is 25.8 Å². The van der Waals surface area contributed by atoms with Gasteiger partial charge in [-0.15, -0.1) is 0 Å². The highest BCUT2D eigenvalue weighted by Gasteiger charge is 2.11. The fourth-order valence-electron chi connectivity index (χ4n) is 2.33. The van der Waals surface area contributed by atoms with E-state index in [1.807, 2.05) is 12.1 Å². The van der Waals surface area contributed by atoms with E-state index in [0.29, 0.717) is 6.04 Å².